The second-order valence-electron chi connectivity index (χ2n) is 5.21. The maximum atomic E-state index is 10.4. The highest BCUT2D eigenvalue weighted by molar-refractivity contribution is 5.95. The third-order valence-corrected chi connectivity index (χ3v) is 3.44. The Morgan fingerprint density at radius 3 is 2.09 bits per heavy atom. The van der Waals surface area contributed by atoms with Crippen molar-refractivity contribution in [2.75, 3.05) is 6.61 Å². The number of carboxylic acids is 1. The second-order valence-corrected chi connectivity index (χ2v) is 5.21. The smallest absolute Gasteiger partial charge is 0.303 e. The molecule has 2 rings (SSSR count). The van der Waals surface area contributed by atoms with Gasteiger partial charge in [-0.2, -0.15) is 0 Å². The van der Waals surface area contributed by atoms with Crippen LogP contribution in [-0.4, -0.2) is 23.5 Å². The first-order chi connectivity index (χ1) is 11.1. The maximum Gasteiger partial charge on any atom is 0.303 e. The van der Waals surface area contributed by atoms with E-state index in [0.717, 1.165) is 23.3 Å². The molecule has 120 valence electrons. The molecule has 0 spiro atoms. The third-order valence-electron chi connectivity index (χ3n) is 3.44. The summed E-state index contributed by atoms with van der Waals surface area (Å²) in [6.07, 6.45) is 1.52. The highest BCUT2D eigenvalue weighted by Crippen LogP contribution is 2.23. The van der Waals surface area contributed by atoms with Crippen LogP contribution in [0.25, 0.3) is 11.1 Å². The summed E-state index contributed by atoms with van der Waals surface area (Å²) in [5.41, 5.74) is 8.24. The second kappa shape index (κ2) is 7.98. The highest BCUT2D eigenvalue weighted by atomic mass is 16.5. The lowest BCUT2D eigenvalue weighted by Crippen LogP contribution is -2.10. The van der Waals surface area contributed by atoms with Gasteiger partial charge >= 0.3 is 5.97 Å². The van der Waals surface area contributed by atoms with Crippen molar-refractivity contribution in [1.82, 2.24) is 0 Å². The lowest BCUT2D eigenvalue weighted by molar-refractivity contribution is -0.137. The van der Waals surface area contributed by atoms with E-state index in [0.29, 0.717) is 18.6 Å². The number of nitrogens with two attached hydrogens (primary N) is 1. The molecular weight excluding hydrogens is 292 g/mol. The number of carbonyl (C=O) groups is 1. The van der Waals surface area contributed by atoms with Gasteiger partial charge in [-0.3, -0.25) is 10.2 Å². The summed E-state index contributed by atoms with van der Waals surface area (Å²) in [6.45, 7) is 0.514. The summed E-state index contributed by atoms with van der Waals surface area (Å²) in [7, 11) is 0. The summed E-state index contributed by atoms with van der Waals surface area (Å²) in [6, 6.07) is 15.2. The van der Waals surface area contributed by atoms with Gasteiger partial charge in [0.1, 0.15) is 11.6 Å². The van der Waals surface area contributed by atoms with Crippen LogP contribution in [0, 0.1) is 5.41 Å². The molecule has 0 saturated heterocycles. The minimum absolute atomic E-state index is 0.0585. The molecule has 0 heterocycles. The quantitative estimate of drug-likeness (QED) is 0.396. The molecule has 5 heteroatoms. The van der Waals surface area contributed by atoms with Crippen LogP contribution in [0.1, 0.15) is 24.8 Å². The largest absolute Gasteiger partial charge is 0.494 e. The zero-order chi connectivity index (χ0) is 16.7. The average Bonchev–Trinajstić information content (AvgIpc) is 2.55. The van der Waals surface area contributed by atoms with E-state index in [9.17, 15) is 4.79 Å². The van der Waals surface area contributed by atoms with E-state index in [2.05, 4.69) is 0 Å². The van der Waals surface area contributed by atoms with Crippen molar-refractivity contribution >= 4 is 11.8 Å². The summed E-state index contributed by atoms with van der Waals surface area (Å²) in [5, 5.41) is 15.9. The van der Waals surface area contributed by atoms with Crippen molar-refractivity contribution in [3.8, 4) is 16.9 Å². The molecule has 23 heavy (non-hydrogen) atoms. The van der Waals surface area contributed by atoms with Crippen molar-refractivity contribution in [2.45, 2.75) is 19.3 Å². The van der Waals surface area contributed by atoms with E-state index >= 15 is 0 Å². The van der Waals surface area contributed by atoms with Gasteiger partial charge in [0.2, 0.25) is 0 Å². The molecule has 5 nitrogen and oxygen atoms in total. The van der Waals surface area contributed by atoms with E-state index in [1.807, 2.05) is 48.5 Å². The van der Waals surface area contributed by atoms with Gasteiger partial charge in [0.15, 0.2) is 0 Å². The molecule has 0 unspecified atom stereocenters. The number of amidine groups is 1. The zero-order valence-electron chi connectivity index (χ0n) is 12.8. The number of aliphatic carboxylic acids is 1. The van der Waals surface area contributed by atoms with Gasteiger partial charge in [0.05, 0.1) is 6.61 Å². The van der Waals surface area contributed by atoms with Crippen LogP contribution in [0.2, 0.25) is 0 Å². The third kappa shape index (κ3) is 5.14. The first-order valence-corrected chi connectivity index (χ1v) is 7.46. The fourth-order valence-electron chi connectivity index (χ4n) is 2.15. The van der Waals surface area contributed by atoms with Gasteiger partial charge in [-0.1, -0.05) is 36.4 Å². The van der Waals surface area contributed by atoms with Crippen LogP contribution < -0.4 is 10.5 Å². The molecular formula is C18H20N2O3. The van der Waals surface area contributed by atoms with Gasteiger partial charge < -0.3 is 15.6 Å². The lowest BCUT2D eigenvalue weighted by Gasteiger charge is -2.07. The Morgan fingerprint density at radius 1 is 1.00 bits per heavy atom. The summed E-state index contributed by atoms with van der Waals surface area (Å²) < 4.78 is 5.59. The van der Waals surface area contributed by atoms with Gasteiger partial charge in [-0.05, 0) is 36.1 Å². The minimum atomic E-state index is -0.773. The standard InChI is InChI=1S/C18H20N2O3/c19-18(20)15-6-4-13(5-7-15)14-8-10-16(11-9-14)23-12-2-1-3-17(21)22/h4-11H,1-3,12H2,(H3,19,20)(H,21,22). The molecule has 2 aromatic carbocycles. The number of nitrogens with one attached hydrogen (secondary N) is 1. The minimum Gasteiger partial charge on any atom is -0.494 e. The van der Waals surface area contributed by atoms with Crippen molar-refractivity contribution in [2.24, 2.45) is 5.73 Å². The number of rotatable bonds is 8. The van der Waals surface area contributed by atoms with Crippen LogP contribution >= 0.6 is 0 Å². The molecule has 0 aliphatic rings. The van der Waals surface area contributed by atoms with Crippen molar-refractivity contribution in [3.63, 3.8) is 0 Å². The van der Waals surface area contributed by atoms with E-state index < -0.39 is 5.97 Å². The first kappa shape index (κ1) is 16.5. The number of carboxylic acid groups (broad SMARTS) is 1. The molecule has 0 atom stereocenters. The topological polar surface area (TPSA) is 96.4 Å². The molecule has 0 saturated carbocycles. The molecule has 0 radical (unpaired) electrons. The van der Waals surface area contributed by atoms with E-state index in [-0.39, 0.29) is 12.3 Å². The molecule has 0 aliphatic heterocycles. The Kier molecular flexibility index (Phi) is 5.74. The molecule has 0 aromatic heterocycles. The Bertz CT molecular complexity index is 664. The van der Waals surface area contributed by atoms with Gasteiger partial charge in [-0.15, -0.1) is 0 Å². The van der Waals surface area contributed by atoms with Gasteiger partial charge in [0, 0.05) is 12.0 Å². The summed E-state index contributed by atoms with van der Waals surface area (Å²) >= 11 is 0. The maximum absolute atomic E-state index is 10.4. The van der Waals surface area contributed by atoms with Crippen molar-refractivity contribution in [1.29, 1.82) is 5.41 Å². The number of ether oxygens (including phenoxy) is 1. The Morgan fingerprint density at radius 2 is 1.57 bits per heavy atom. The monoisotopic (exact) mass is 312 g/mol. The lowest BCUT2D eigenvalue weighted by atomic mass is 10.0. The van der Waals surface area contributed by atoms with Gasteiger partial charge in [-0.25, -0.2) is 0 Å². The molecule has 0 bridgehead atoms. The predicted octanol–water partition coefficient (Wildman–Crippen LogP) is 3.27. The highest BCUT2D eigenvalue weighted by Gasteiger charge is 2.01. The number of hydrogen-bond acceptors (Lipinski definition) is 3. The predicted molar refractivity (Wildman–Crippen MR) is 89.9 cm³/mol. The zero-order valence-corrected chi connectivity index (χ0v) is 12.8. The molecule has 0 fully saturated rings. The van der Waals surface area contributed by atoms with Crippen LogP contribution in [0.3, 0.4) is 0 Å². The number of benzene rings is 2. The Labute approximate surface area is 135 Å². The first-order valence-electron chi connectivity index (χ1n) is 7.46. The fourth-order valence-corrected chi connectivity index (χ4v) is 2.15. The summed E-state index contributed by atoms with van der Waals surface area (Å²) in [5.74, 6) is 0.0535. The van der Waals surface area contributed by atoms with Crippen molar-refractivity contribution in [3.05, 3.63) is 54.1 Å². The van der Waals surface area contributed by atoms with Gasteiger partial charge in [0.25, 0.3) is 0 Å². The molecule has 4 N–H and O–H groups in total. The number of nitrogen functional groups attached to an aromatic ring is 1. The SMILES string of the molecule is N=C(N)c1ccc(-c2ccc(OCCCCC(=O)O)cc2)cc1. The number of unbranched alkanes of at least 4 members (excludes halogenated alkanes) is 1. The van der Waals surface area contributed by atoms with Crippen LogP contribution in [0.15, 0.2) is 48.5 Å². The van der Waals surface area contributed by atoms with Crippen LogP contribution in [0.5, 0.6) is 5.75 Å². The van der Waals surface area contributed by atoms with Crippen LogP contribution in [-0.2, 0) is 4.79 Å². The summed E-state index contributed by atoms with van der Waals surface area (Å²) in [4.78, 5) is 10.4. The number of hydrogen-bond donors (Lipinski definition) is 3. The van der Waals surface area contributed by atoms with Crippen molar-refractivity contribution < 1.29 is 14.6 Å². The van der Waals surface area contributed by atoms with E-state index in [1.54, 1.807) is 0 Å². The van der Waals surface area contributed by atoms with Crippen LogP contribution in [0.4, 0.5) is 0 Å². The van der Waals surface area contributed by atoms with E-state index in [4.69, 9.17) is 21.0 Å². The molecule has 0 aliphatic carbocycles. The molecule has 2 aromatic rings. The fraction of sp³-hybridized carbons (Fsp3) is 0.222. The van der Waals surface area contributed by atoms with E-state index in [1.165, 1.54) is 0 Å². The normalized spacial score (nSPS) is 10.3. The average molecular weight is 312 g/mol. The molecule has 0 amide bonds. The Hall–Kier alpha value is -2.82. The Balaban J connectivity index is 1.89.